The van der Waals surface area contributed by atoms with Crippen LogP contribution in [0, 0.1) is 16.1 Å². The van der Waals surface area contributed by atoms with Crippen LogP contribution in [0.15, 0.2) is 23.4 Å². The first-order valence-corrected chi connectivity index (χ1v) is 13.0. The van der Waals surface area contributed by atoms with Crippen LogP contribution in [0.4, 0.5) is 27.6 Å². The molecule has 0 saturated heterocycles. The molecule has 1 atom stereocenters. The van der Waals surface area contributed by atoms with Crippen LogP contribution in [0.25, 0.3) is 0 Å². The zero-order chi connectivity index (χ0) is 25.6. The van der Waals surface area contributed by atoms with Crippen molar-refractivity contribution in [3.63, 3.8) is 0 Å². The predicted octanol–water partition coefficient (Wildman–Crippen LogP) is 5.07. The van der Waals surface area contributed by atoms with Crippen LogP contribution in [0.5, 0.6) is 0 Å². The van der Waals surface area contributed by atoms with E-state index in [2.05, 4.69) is 15.4 Å². The molecule has 4 aliphatic carbocycles. The summed E-state index contributed by atoms with van der Waals surface area (Å²) in [4.78, 5) is 17.1. The van der Waals surface area contributed by atoms with Crippen LogP contribution >= 0.6 is 0 Å². The Labute approximate surface area is 198 Å². The number of hydrogen-bond acceptors (Lipinski definition) is 5. The van der Waals surface area contributed by atoms with Crippen LogP contribution < -0.4 is 5.32 Å². The van der Waals surface area contributed by atoms with Gasteiger partial charge >= 0.3 is 6.18 Å². The van der Waals surface area contributed by atoms with E-state index >= 15 is 0 Å². The standard InChI is InChI=1S/C22H24F5N5O2S/c1-19(9-21(23,24)10-19)11-32-16(18(33)30-13-3-4-29-14(5-13)35(2,28)34)15(22(25,26)27)17(31-32)20-6-12(7-20)8-20/h3-5,12,28H,6-11H2,1-2H3,(H,29,30,33)/t12?,20?,35-/m1/s1. The number of carbonyl (C=O) groups is 1. The number of halogens is 5. The molecule has 4 fully saturated rings. The van der Waals surface area contributed by atoms with E-state index in [1.807, 2.05) is 0 Å². The maximum Gasteiger partial charge on any atom is 0.420 e. The van der Waals surface area contributed by atoms with Crippen LogP contribution in [0.2, 0.25) is 0 Å². The van der Waals surface area contributed by atoms with Crippen LogP contribution in [-0.4, -0.2) is 37.1 Å². The summed E-state index contributed by atoms with van der Waals surface area (Å²) in [5, 5.41) is 6.48. The summed E-state index contributed by atoms with van der Waals surface area (Å²) in [6.07, 6.45) is -1.90. The molecule has 1 amide bonds. The average Bonchev–Trinajstić information content (AvgIpc) is 2.95. The third-order valence-corrected chi connectivity index (χ3v) is 8.31. The maximum atomic E-state index is 14.4. The van der Waals surface area contributed by atoms with Crippen LogP contribution in [0.1, 0.15) is 60.8 Å². The quantitative estimate of drug-likeness (QED) is 0.523. The number of anilines is 1. The second-order valence-corrected chi connectivity index (χ2v) is 12.8. The van der Waals surface area contributed by atoms with Crippen molar-refractivity contribution >= 4 is 21.3 Å². The minimum atomic E-state index is -4.89. The number of hydrogen-bond donors (Lipinski definition) is 2. The lowest BCUT2D eigenvalue weighted by atomic mass is 9.43. The fraction of sp³-hybridized carbons (Fsp3) is 0.591. The third-order valence-electron chi connectivity index (χ3n) is 7.29. The summed E-state index contributed by atoms with van der Waals surface area (Å²) in [7, 11) is -3.23. The molecule has 35 heavy (non-hydrogen) atoms. The molecule has 0 radical (unpaired) electrons. The predicted molar refractivity (Wildman–Crippen MR) is 116 cm³/mol. The number of alkyl halides is 5. The number of rotatable bonds is 6. The Morgan fingerprint density at radius 1 is 1.29 bits per heavy atom. The first-order valence-electron chi connectivity index (χ1n) is 11.1. The van der Waals surface area contributed by atoms with E-state index in [0.29, 0.717) is 25.2 Å². The SMILES string of the molecule is CC1(Cn2nc(C34CC(C3)C4)c(C(F)(F)F)c2C(=O)Nc2ccnc([S@](C)(=N)=O)c2)CC(F)(F)C1. The van der Waals surface area contributed by atoms with Gasteiger partial charge < -0.3 is 5.32 Å². The Balaban J connectivity index is 1.57. The van der Waals surface area contributed by atoms with Gasteiger partial charge in [0, 0.05) is 42.9 Å². The lowest BCUT2D eigenvalue weighted by molar-refractivity contribution is -0.160. The Kier molecular flexibility index (Phi) is 4.99. The minimum Gasteiger partial charge on any atom is -0.320 e. The summed E-state index contributed by atoms with van der Waals surface area (Å²) in [6, 6.07) is 2.47. The molecule has 190 valence electrons. The van der Waals surface area contributed by atoms with E-state index in [1.54, 1.807) is 6.92 Å². The average molecular weight is 518 g/mol. The molecule has 2 N–H and O–H groups in total. The molecule has 2 bridgehead atoms. The van der Waals surface area contributed by atoms with E-state index in [-0.39, 0.29) is 23.0 Å². The van der Waals surface area contributed by atoms with Crippen molar-refractivity contribution in [3.05, 3.63) is 35.3 Å². The van der Waals surface area contributed by atoms with Crippen LogP contribution in [0.3, 0.4) is 0 Å². The fourth-order valence-electron chi connectivity index (χ4n) is 5.78. The monoisotopic (exact) mass is 517 g/mol. The lowest BCUT2D eigenvalue weighted by Crippen LogP contribution is -2.56. The van der Waals surface area contributed by atoms with Crippen molar-refractivity contribution in [1.82, 2.24) is 14.8 Å². The van der Waals surface area contributed by atoms with Crippen molar-refractivity contribution in [3.8, 4) is 0 Å². The van der Waals surface area contributed by atoms with E-state index in [1.165, 1.54) is 12.3 Å². The van der Waals surface area contributed by atoms with Gasteiger partial charge in [0.05, 0.1) is 15.4 Å². The summed E-state index contributed by atoms with van der Waals surface area (Å²) >= 11 is 0. The smallest absolute Gasteiger partial charge is 0.320 e. The topological polar surface area (TPSA) is 101 Å². The molecule has 0 spiro atoms. The number of carbonyl (C=O) groups excluding carboxylic acids is 1. The molecule has 0 aliphatic heterocycles. The first kappa shape index (κ1) is 24.1. The Morgan fingerprint density at radius 3 is 2.40 bits per heavy atom. The van der Waals surface area contributed by atoms with Crippen molar-refractivity contribution in [1.29, 1.82) is 4.78 Å². The Morgan fingerprint density at radius 2 is 1.91 bits per heavy atom. The number of pyridine rings is 1. The molecule has 2 aromatic rings. The van der Waals surface area contributed by atoms with Gasteiger partial charge in [-0.1, -0.05) is 6.92 Å². The van der Waals surface area contributed by atoms with Gasteiger partial charge in [-0.25, -0.2) is 22.8 Å². The molecule has 2 aromatic heterocycles. The molecular formula is C22H24F5N5O2S. The molecule has 4 aliphatic rings. The van der Waals surface area contributed by atoms with Crippen molar-refractivity contribution in [2.45, 2.75) is 68.1 Å². The largest absolute Gasteiger partial charge is 0.420 e. The Bertz CT molecular complexity index is 1310. The highest BCUT2D eigenvalue weighted by atomic mass is 32.2. The molecule has 4 saturated carbocycles. The molecule has 13 heteroatoms. The highest BCUT2D eigenvalue weighted by molar-refractivity contribution is 7.91. The molecular weight excluding hydrogens is 493 g/mol. The van der Waals surface area contributed by atoms with Crippen molar-refractivity contribution in [2.75, 3.05) is 11.6 Å². The van der Waals surface area contributed by atoms with E-state index < -0.39 is 62.7 Å². The molecule has 2 heterocycles. The number of nitrogens with zero attached hydrogens (tertiary/aromatic N) is 3. The number of amides is 1. The molecule has 0 aromatic carbocycles. The highest BCUT2D eigenvalue weighted by Crippen LogP contribution is 2.66. The minimum absolute atomic E-state index is 0.0103. The van der Waals surface area contributed by atoms with Crippen molar-refractivity contribution < 1.29 is 31.0 Å². The van der Waals surface area contributed by atoms with Crippen LogP contribution in [-0.2, 0) is 27.9 Å². The summed E-state index contributed by atoms with van der Waals surface area (Å²) in [6.45, 7) is 1.29. The van der Waals surface area contributed by atoms with Gasteiger partial charge in [-0.05, 0) is 42.7 Å². The van der Waals surface area contributed by atoms with Gasteiger partial charge in [0.15, 0.2) is 0 Å². The van der Waals surface area contributed by atoms with Gasteiger partial charge in [-0.2, -0.15) is 18.3 Å². The van der Waals surface area contributed by atoms with Gasteiger partial charge in [0.2, 0.25) is 5.92 Å². The zero-order valence-electron chi connectivity index (χ0n) is 19.0. The Hall–Kier alpha value is -2.57. The fourth-order valence-corrected chi connectivity index (χ4v) is 6.39. The lowest BCUT2D eigenvalue weighted by Gasteiger charge is -2.61. The first-order chi connectivity index (χ1) is 16.0. The number of nitrogens with one attached hydrogen (secondary N) is 2. The molecule has 6 rings (SSSR count). The second kappa shape index (κ2) is 7.23. The number of aromatic nitrogens is 3. The van der Waals surface area contributed by atoms with Gasteiger partial charge in [0.1, 0.15) is 16.3 Å². The summed E-state index contributed by atoms with van der Waals surface area (Å²) < 4.78 is 91.0. The normalized spacial score (nSPS) is 27.7. The highest BCUT2D eigenvalue weighted by Gasteiger charge is 2.62. The van der Waals surface area contributed by atoms with Crippen molar-refractivity contribution in [2.24, 2.45) is 11.3 Å². The van der Waals surface area contributed by atoms with Gasteiger partial charge in [0.25, 0.3) is 5.91 Å². The summed E-state index contributed by atoms with van der Waals surface area (Å²) in [5.41, 5.74) is -3.77. The van der Waals surface area contributed by atoms with Gasteiger partial charge in [-0.15, -0.1) is 0 Å². The molecule has 0 unspecified atom stereocenters. The van der Waals surface area contributed by atoms with E-state index in [0.717, 1.165) is 17.0 Å². The summed E-state index contributed by atoms with van der Waals surface area (Å²) in [5.74, 6) is -3.65. The van der Waals surface area contributed by atoms with Gasteiger partial charge in [-0.3, -0.25) is 9.48 Å². The van der Waals surface area contributed by atoms with E-state index in [9.17, 15) is 31.0 Å². The molecule has 7 nitrogen and oxygen atoms in total. The zero-order valence-corrected chi connectivity index (χ0v) is 19.8. The van der Waals surface area contributed by atoms with E-state index in [4.69, 9.17) is 4.78 Å². The second-order valence-electron chi connectivity index (χ2n) is 10.7. The maximum absolute atomic E-state index is 14.4. The third kappa shape index (κ3) is 4.11.